The number of aldehydes is 1. The van der Waals surface area contributed by atoms with Crippen molar-refractivity contribution in [2.24, 2.45) is 5.92 Å². The molecule has 4 heteroatoms. The SMILES string of the molecule is CC(C#N)CC(Cl)(C=O)CCl. The minimum atomic E-state index is -1.06. The van der Waals surface area contributed by atoms with E-state index < -0.39 is 4.87 Å². The molecule has 2 unspecified atom stereocenters. The summed E-state index contributed by atoms with van der Waals surface area (Å²) in [5.41, 5.74) is 0. The van der Waals surface area contributed by atoms with Crippen LogP contribution in [0.4, 0.5) is 0 Å². The van der Waals surface area contributed by atoms with E-state index in [0.717, 1.165) is 0 Å². The van der Waals surface area contributed by atoms with Gasteiger partial charge in [-0.3, -0.25) is 0 Å². The summed E-state index contributed by atoms with van der Waals surface area (Å²) in [4.78, 5) is 9.32. The first-order valence-corrected chi connectivity index (χ1v) is 4.10. The fraction of sp³-hybridized carbons (Fsp3) is 0.714. The number of hydrogen-bond donors (Lipinski definition) is 0. The molecule has 2 nitrogen and oxygen atoms in total. The van der Waals surface area contributed by atoms with E-state index in [1.807, 2.05) is 6.07 Å². The maximum absolute atomic E-state index is 10.4. The Morgan fingerprint density at radius 3 is 2.64 bits per heavy atom. The molecule has 0 aliphatic heterocycles. The average molecular weight is 194 g/mol. The molecule has 0 spiro atoms. The Morgan fingerprint density at radius 1 is 1.82 bits per heavy atom. The fourth-order valence-corrected chi connectivity index (χ4v) is 1.09. The lowest BCUT2D eigenvalue weighted by atomic mass is 9.99. The lowest BCUT2D eigenvalue weighted by Gasteiger charge is -2.17. The summed E-state index contributed by atoms with van der Waals surface area (Å²) in [6, 6.07) is 1.99. The van der Waals surface area contributed by atoms with Gasteiger partial charge < -0.3 is 4.79 Å². The average Bonchev–Trinajstić information content (AvgIpc) is 2.04. The molecule has 62 valence electrons. The quantitative estimate of drug-likeness (QED) is 0.506. The molecule has 0 aliphatic rings. The number of hydrogen-bond acceptors (Lipinski definition) is 2. The highest BCUT2D eigenvalue weighted by Gasteiger charge is 2.27. The van der Waals surface area contributed by atoms with Gasteiger partial charge >= 0.3 is 0 Å². The van der Waals surface area contributed by atoms with Gasteiger partial charge in [0.05, 0.1) is 6.07 Å². The van der Waals surface area contributed by atoms with Crippen LogP contribution < -0.4 is 0 Å². The second-order valence-electron chi connectivity index (χ2n) is 2.52. The summed E-state index contributed by atoms with van der Waals surface area (Å²) in [5.74, 6) is -0.194. The van der Waals surface area contributed by atoms with Crippen LogP contribution in [0.5, 0.6) is 0 Å². The van der Waals surface area contributed by atoms with E-state index in [9.17, 15) is 4.79 Å². The third kappa shape index (κ3) is 3.60. The van der Waals surface area contributed by atoms with Crippen molar-refractivity contribution in [2.75, 3.05) is 5.88 Å². The van der Waals surface area contributed by atoms with Crippen LogP contribution in [-0.4, -0.2) is 17.0 Å². The molecule has 2 atom stereocenters. The van der Waals surface area contributed by atoms with Crippen LogP contribution in [0.15, 0.2) is 0 Å². The summed E-state index contributed by atoms with van der Waals surface area (Å²) in [5, 5.41) is 8.42. The standard InChI is InChI=1S/C7H9Cl2NO/c1-6(3-10)2-7(9,4-8)5-11/h5-6H,2,4H2,1H3. The number of carbonyl (C=O) groups excluding carboxylic acids is 1. The summed E-state index contributed by atoms with van der Waals surface area (Å²) < 4.78 is 0. The molecule has 0 aromatic heterocycles. The zero-order valence-electron chi connectivity index (χ0n) is 6.18. The van der Waals surface area contributed by atoms with Crippen molar-refractivity contribution < 1.29 is 4.79 Å². The minimum absolute atomic E-state index is 0.0457. The van der Waals surface area contributed by atoms with E-state index in [2.05, 4.69) is 0 Å². The third-order valence-electron chi connectivity index (χ3n) is 1.30. The number of nitriles is 1. The van der Waals surface area contributed by atoms with Gasteiger partial charge in [0, 0.05) is 11.8 Å². The predicted octanol–water partition coefficient (Wildman–Crippen LogP) is 1.95. The molecule has 0 aliphatic carbocycles. The molecule has 0 aromatic rings. The fourth-order valence-electron chi connectivity index (χ4n) is 0.689. The minimum Gasteiger partial charge on any atom is -0.301 e. The van der Waals surface area contributed by atoms with Crippen LogP contribution >= 0.6 is 23.2 Å². The van der Waals surface area contributed by atoms with Crippen molar-refractivity contribution in [1.82, 2.24) is 0 Å². The zero-order chi connectivity index (χ0) is 8.91. The second kappa shape index (κ2) is 4.58. The first-order chi connectivity index (χ1) is 5.08. The van der Waals surface area contributed by atoms with Gasteiger partial charge in [0.1, 0.15) is 11.2 Å². The maximum Gasteiger partial charge on any atom is 0.142 e. The highest BCUT2D eigenvalue weighted by atomic mass is 35.5. The summed E-state index contributed by atoms with van der Waals surface area (Å²) in [6.45, 7) is 1.70. The van der Waals surface area contributed by atoms with E-state index in [-0.39, 0.29) is 11.8 Å². The highest BCUT2D eigenvalue weighted by Crippen LogP contribution is 2.23. The Kier molecular flexibility index (Phi) is 4.48. The lowest BCUT2D eigenvalue weighted by molar-refractivity contribution is -0.109. The van der Waals surface area contributed by atoms with Crippen molar-refractivity contribution in [3.63, 3.8) is 0 Å². The van der Waals surface area contributed by atoms with E-state index in [1.165, 1.54) is 0 Å². The Morgan fingerprint density at radius 2 is 2.36 bits per heavy atom. The molecule has 0 bridgehead atoms. The van der Waals surface area contributed by atoms with Crippen molar-refractivity contribution >= 4 is 29.5 Å². The summed E-state index contributed by atoms with van der Waals surface area (Å²) >= 11 is 11.2. The van der Waals surface area contributed by atoms with Gasteiger partial charge in [0.15, 0.2) is 0 Å². The van der Waals surface area contributed by atoms with E-state index in [0.29, 0.717) is 12.7 Å². The van der Waals surface area contributed by atoms with Crippen molar-refractivity contribution in [2.45, 2.75) is 18.2 Å². The van der Waals surface area contributed by atoms with Crippen LogP contribution in [0, 0.1) is 17.2 Å². The topological polar surface area (TPSA) is 40.9 Å². The van der Waals surface area contributed by atoms with Crippen LogP contribution in [0.1, 0.15) is 13.3 Å². The molecular formula is C7H9Cl2NO. The van der Waals surface area contributed by atoms with Crippen LogP contribution in [0.25, 0.3) is 0 Å². The normalized spacial score (nSPS) is 18.0. The van der Waals surface area contributed by atoms with Crippen LogP contribution in [0.2, 0.25) is 0 Å². The molecule has 0 amide bonds. The first kappa shape index (κ1) is 10.7. The van der Waals surface area contributed by atoms with E-state index >= 15 is 0 Å². The van der Waals surface area contributed by atoms with Gasteiger partial charge in [0.2, 0.25) is 0 Å². The number of halogens is 2. The van der Waals surface area contributed by atoms with Gasteiger partial charge in [-0.2, -0.15) is 5.26 Å². The Labute approximate surface area is 76.1 Å². The molecule has 0 saturated heterocycles. The first-order valence-electron chi connectivity index (χ1n) is 3.19. The smallest absolute Gasteiger partial charge is 0.142 e. The predicted molar refractivity (Wildman–Crippen MR) is 44.8 cm³/mol. The van der Waals surface area contributed by atoms with E-state index in [4.69, 9.17) is 28.5 Å². The number of alkyl halides is 2. The van der Waals surface area contributed by atoms with Gasteiger partial charge in [0.25, 0.3) is 0 Å². The second-order valence-corrected chi connectivity index (χ2v) is 3.54. The molecule has 0 rings (SSSR count). The molecule has 11 heavy (non-hydrogen) atoms. The van der Waals surface area contributed by atoms with Crippen molar-refractivity contribution in [1.29, 1.82) is 5.26 Å². The van der Waals surface area contributed by atoms with E-state index in [1.54, 1.807) is 6.92 Å². The highest BCUT2D eigenvalue weighted by molar-refractivity contribution is 6.37. The Balaban J connectivity index is 4.09. The zero-order valence-corrected chi connectivity index (χ0v) is 7.69. The number of nitrogens with zero attached hydrogens (tertiary/aromatic N) is 1. The lowest BCUT2D eigenvalue weighted by Crippen LogP contribution is -2.27. The van der Waals surface area contributed by atoms with Gasteiger partial charge in [-0.25, -0.2) is 0 Å². The third-order valence-corrected chi connectivity index (χ3v) is 2.29. The van der Waals surface area contributed by atoms with Gasteiger partial charge in [-0.15, -0.1) is 23.2 Å². The summed E-state index contributed by atoms with van der Waals surface area (Å²) in [6.07, 6.45) is 0.896. The van der Waals surface area contributed by atoms with Crippen LogP contribution in [-0.2, 0) is 4.79 Å². The monoisotopic (exact) mass is 193 g/mol. The largest absolute Gasteiger partial charge is 0.301 e. The number of rotatable bonds is 4. The number of carbonyl (C=O) groups is 1. The molecular weight excluding hydrogens is 185 g/mol. The molecule has 0 aromatic carbocycles. The maximum atomic E-state index is 10.4. The molecule has 0 saturated carbocycles. The molecule has 0 radical (unpaired) electrons. The Bertz CT molecular complexity index is 178. The molecule has 0 heterocycles. The van der Waals surface area contributed by atoms with Crippen LogP contribution in [0.3, 0.4) is 0 Å². The van der Waals surface area contributed by atoms with Gasteiger partial charge in [-0.1, -0.05) is 0 Å². The molecule has 0 fully saturated rings. The molecule has 0 N–H and O–H groups in total. The van der Waals surface area contributed by atoms with Gasteiger partial charge in [-0.05, 0) is 13.3 Å². The van der Waals surface area contributed by atoms with Crippen molar-refractivity contribution in [3.8, 4) is 6.07 Å². The Hall–Kier alpha value is -0.260. The van der Waals surface area contributed by atoms with Crippen molar-refractivity contribution in [3.05, 3.63) is 0 Å². The summed E-state index contributed by atoms with van der Waals surface area (Å²) in [7, 11) is 0.